The van der Waals surface area contributed by atoms with Crippen molar-refractivity contribution in [3.05, 3.63) is 11.1 Å². The van der Waals surface area contributed by atoms with E-state index >= 15 is 0 Å². The molecule has 0 aliphatic heterocycles. The predicted octanol–water partition coefficient (Wildman–Crippen LogP) is 3.19. The number of hydrogen-bond acceptors (Lipinski definition) is 4. The number of carbonyl (C=O) groups is 1. The van der Waals surface area contributed by atoms with Crippen LogP contribution in [0.1, 0.15) is 36.2 Å². The first-order valence-electron chi connectivity index (χ1n) is 6.56. The van der Waals surface area contributed by atoms with Crippen LogP contribution in [0.5, 0.6) is 0 Å². The Balaban J connectivity index is 1.70. The van der Waals surface area contributed by atoms with E-state index in [2.05, 4.69) is 9.88 Å². The monoisotopic (exact) mass is 284 g/mol. The highest BCUT2D eigenvalue weighted by molar-refractivity contribution is 7.14. The highest BCUT2D eigenvalue weighted by Gasteiger charge is 2.30. The molecule has 2 saturated carbocycles. The lowest BCUT2D eigenvalue weighted by atomic mass is 10.3. The summed E-state index contributed by atoms with van der Waals surface area (Å²) < 4.78 is 0. The molecule has 0 N–H and O–H groups in total. The third-order valence-corrected chi connectivity index (χ3v) is 4.66. The Morgan fingerprint density at radius 3 is 2.44 bits per heavy atom. The van der Waals surface area contributed by atoms with Gasteiger partial charge in [0.2, 0.25) is 0 Å². The molecular formula is C13H17ClN2OS. The lowest BCUT2D eigenvalue weighted by molar-refractivity contribution is 0.101. The number of ketones is 1. The smallest absolute Gasteiger partial charge is 0.196 e. The molecular weight excluding hydrogens is 268 g/mol. The number of nitrogens with zero attached hydrogens (tertiary/aromatic N) is 2. The quantitative estimate of drug-likeness (QED) is 0.569. The Hall–Kier alpha value is -0.610. The van der Waals surface area contributed by atoms with E-state index < -0.39 is 0 Å². The molecule has 0 amide bonds. The van der Waals surface area contributed by atoms with Crippen LogP contribution in [-0.2, 0) is 0 Å². The number of Topliss-reactive ketones (excluding diaryl/α,β-unsaturated/α-hetero) is 1. The van der Waals surface area contributed by atoms with Gasteiger partial charge in [0.25, 0.3) is 0 Å². The summed E-state index contributed by atoms with van der Waals surface area (Å²) in [5.74, 6) is 1.64. The maximum atomic E-state index is 11.5. The Kier molecular flexibility index (Phi) is 3.57. The van der Waals surface area contributed by atoms with Gasteiger partial charge in [0, 0.05) is 18.5 Å². The first-order chi connectivity index (χ1) is 8.76. The van der Waals surface area contributed by atoms with E-state index in [9.17, 15) is 4.79 Å². The largest absolute Gasteiger partial charge is 0.348 e. The van der Waals surface area contributed by atoms with Gasteiger partial charge in [-0.2, -0.15) is 0 Å². The Morgan fingerprint density at radius 1 is 1.33 bits per heavy atom. The molecule has 5 heteroatoms. The van der Waals surface area contributed by atoms with E-state index in [1.54, 1.807) is 11.3 Å². The zero-order valence-electron chi connectivity index (χ0n) is 10.3. The van der Waals surface area contributed by atoms with Crippen LogP contribution in [0.4, 0.5) is 5.13 Å². The average molecular weight is 285 g/mol. The minimum Gasteiger partial charge on any atom is -0.348 e. The summed E-state index contributed by atoms with van der Waals surface area (Å²) in [6, 6.07) is 0. The second kappa shape index (κ2) is 5.17. The molecule has 2 aliphatic carbocycles. The third-order valence-electron chi connectivity index (χ3n) is 3.52. The van der Waals surface area contributed by atoms with Crippen molar-refractivity contribution in [2.45, 2.75) is 25.7 Å². The highest BCUT2D eigenvalue weighted by atomic mass is 35.5. The summed E-state index contributed by atoms with van der Waals surface area (Å²) in [7, 11) is 0. The van der Waals surface area contributed by atoms with Crippen LogP contribution in [0.2, 0.25) is 0 Å². The summed E-state index contributed by atoms with van der Waals surface area (Å²) in [4.78, 5) is 18.3. The van der Waals surface area contributed by atoms with Gasteiger partial charge in [-0.1, -0.05) is 0 Å². The van der Waals surface area contributed by atoms with Crippen molar-refractivity contribution in [1.82, 2.24) is 4.98 Å². The van der Waals surface area contributed by atoms with Gasteiger partial charge < -0.3 is 4.90 Å². The van der Waals surface area contributed by atoms with Crippen LogP contribution < -0.4 is 4.90 Å². The molecule has 0 atom stereocenters. The maximum absolute atomic E-state index is 11.5. The van der Waals surface area contributed by atoms with E-state index in [0.29, 0.717) is 5.69 Å². The molecule has 1 aromatic heterocycles. The number of rotatable bonds is 7. The lowest BCUT2D eigenvalue weighted by Gasteiger charge is -2.21. The molecule has 3 rings (SSSR count). The van der Waals surface area contributed by atoms with Gasteiger partial charge in [0.05, 0.1) is 5.88 Å². The normalized spacial score (nSPS) is 18.9. The van der Waals surface area contributed by atoms with Crippen molar-refractivity contribution in [2.24, 2.45) is 11.8 Å². The van der Waals surface area contributed by atoms with Crippen molar-refractivity contribution in [1.29, 1.82) is 0 Å². The number of halogens is 1. The fraction of sp³-hybridized carbons (Fsp3) is 0.692. The summed E-state index contributed by atoms with van der Waals surface area (Å²) >= 11 is 7.14. The van der Waals surface area contributed by atoms with Gasteiger partial charge in [-0.3, -0.25) is 4.79 Å². The number of hydrogen-bond donors (Lipinski definition) is 0. The molecule has 98 valence electrons. The second-order valence-corrected chi connectivity index (χ2v) is 6.47. The molecule has 18 heavy (non-hydrogen) atoms. The minimum atomic E-state index is -0.0723. The molecule has 3 nitrogen and oxygen atoms in total. The fourth-order valence-electron chi connectivity index (χ4n) is 2.06. The molecule has 2 aliphatic rings. The van der Waals surface area contributed by atoms with Gasteiger partial charge in [0.1, 0.15) is 5.69 Å². The molecule has 0 aromatic carbocycles. The van der Waals surface area contributed by atoms with Crippen LogP contribution in [0.15, 0.2) is 5.38 Å². The number of anilines is 1. The van der Waals surface area contributed by atoms with Gasteiger partial charge in [0.15, 0.2) is 10.9 Å². The molecule has 1 heterocycles. The Labute approximate surface area is 116 Å². The zero-order chi connectivity index (χ0) is 12.5. The van der Waals surface area contributed by atoms with E-state index in [4.69, 9.17) is 11.6 Å². The number of thiazole rings is 1. The minimum absolute atomic E-state index is 0.0222. The first-order valence-corrected chi connectivity index (χ1v) is 7.97. The van der Waals surface area contributed by atoms with Gasteiger partial charge in [-0.15, -0.1) is 22.9 Å². The summed E-state index contributed by atoms with van der Waals surface area (Å²) in [6.45, 7) is 2.22. The Bertz CT molecular complexity index is 426. The van der Waals surface area contributed by atoms with Gasteiger partial charge in [-0.25, -0.2) is 4.98 Å². The number of aromatic nitrogens is 1. The van der Waals surface area contributed by atoms with Crippen LogP contribution in [0.25, 0.3) is 0 Å². The van der Waals surface area contributed by atoms with Crippen molar-refractivity contribution < 1.29 is 4.79 Å². The molecule has 0 radical (unpaired) electrons. The molecule has 2 fully saturated rings. The standard InChI is InChI=1S/C13H17ClN2OS/c14-5-12(17)11-8-18-13(15-11)16(6-9-1-2-9)7-10-3-4-10/h8-10H,1-7H2. The van der Waals surface area contributed by atoms with Gasteiger partial charge >= 0.3 is 0 Å². The third kappa shape index (κ3) is 3.04. The Morgan fingerprint density at radius 2 is 1.94 bits per heavy atom. The van der Waals surface area contributed by atoms with Crippen molar-refractivity contribution in [3.63, 3.8) is 0 Å². The summed E-state index contributed by atoms with van der Waals surface area (Å²) in [5, 5.41) is 2.84. The fourth-order valence-corrected chi connectivity index (χ4v) is 3.05. The van der Waals surface area contributed by atoms with Crippen molar-refractivity contribution in [2.75, 3.05) is 23.9 Å². The number of carbonyl (C=O) groups excluding carboxylic acids is 1. The van der Waals surface area contributed by atoms with E-state index in [1.807, 2.05) is 5.38 Å². The van der Waals surface area contributed by atoms with Crippen molar-refractivity contribution >= 4 is 33.9 Å². The summed E-state index contributed by atoms with van der Waals surface area (Å²) in [6.07, 6.45) is 5.39. The van der Waals surface area contributed by atoms with Crippen molar-refractivity contribution in [3.8, 4) is 0 Å². The highest BCUT2D eigenvalue weighted by Crippen LogP contribution is 2.36. The van der Waals surface area contributed by atoms with Gasteiger partial charge in [-0.05, 0) is 37.5 Å². The zero-order valence-corrected chi connectivity index (χ0v) is 11.8. The SMILES string of the molecule is O=C(CCl)c1csc(N(CC2CC2)CC2CC2)n1. The second-order valence-electron chi connectivity index (χ2n) is 5.36. The topological polar surface area (TPSA) is 33.2 Å². The molecule has 0 bridgehead atoms. The summed E-state index contributed by atoms with van der Waals surface area (Å²) in [5.41, 5.74) is 0.529. The lowest BCUT2D eigenvalue weighted by Crippen LogP contribution is -2.28. The van der Waals surface area contributed by atoms with Crippen LogP contribution in [-0.4, -0.2) is 29.7 Å². The predicted molar refractivity (Wildman–Crippen MR) is 74.8 cm³/mol. The van der Waals surface area contributed by atoms with E-state index in [-0.39, 0.29) is 11.7 Å². The first kappa shape index (κ1) is 12.4. The molecule has 0 saturated heterocycles. The van der Waals surface area contributed by atoms with Crippen LogP contribution in [0.3, 0.4) is 0 Å². The molecule has 0 unspecified atom stereocenters. The number of alkyl halides is 1. The molecule has 0 spiro atoms. The average Bonchev–Trinajstić information content (AvgIpc) is 3.30. The molecule has 1 aromatic rings. The van der Waals surface area contributed by atoms with Crippen LogP contribution >= 0.6 is 22.9 Å². The maximum Gasteiger partial charge on any atom is 0.196 e. The van der Waals surface area contributed by atoms with E-state index in [1.165, 1.54) is 25.7 Å². The van der Waals surface area contributed by atoms with Crippen LogP contribution in [0, 0.1) is 11.8 Å². The van der Waals surface area contributed by atoms with E-state index in [0.717, 1.165) is 30.1 Å².